The molecule has 7 heteroatoms. The summed E-state index contributed by atoms with van der Waals surface area (Å²) >= 11 is 0. The van der Waals surface area contributed by atoms with Crippen LogP contribution in [0.3, 0.4) is 0 Å². The Balaban J connectivity index is 2.06. The number of aromatic nitrogens is 5. The van der Waals surface area contributed by atoms with Crippen LogP contribution < -0.4 is 5.73 Å². The second-order valence-corrected chi connectivity index (χ2v) is 4.51. The van der Waals surface area contributed by atoms with Crippen molar-refractivity contribution in [3.05, 3.63) is 29.8 Å². The number of nitrogens with zero attached hydrogens (tertiary/aromatic N) is 5. The van der Waals surface area contributed by atoms with E-state index in [1.807, 2.05) is 16.9 Å². The van der Waals surface area contributed by atoms with E-state index in [2.05, 4.69) is 29.3 Å². The molecule has 98 valence electrons. The summed E-state index contributed by atoms with van der Waals surface area (Å²) in [4.78, 5) is 0. The van der Waals surface area contributed by atoms with Crippen LogP contribution in [-0.4, -0.2) is 36.5 Å². The summed E-state index contributed by atoms with van der Waals surface area (Å²) in [7, 11) is 0. The number of rotatable bonds is 5. The van der Waals surface area contributed by atoms with Crippen molar-refractivity contribution in [2.24, 2.45) is 5.73 Å². The van der Waals surface area contributed by atoms with Gasteiger partial charge in [-0.05, 0) is 19.9 Å². The predicted molar refractivity (Wildman–Crippen MR) is 65.8 cm³/mol. The minimum Gasteiger partial charge on any atom is -0.394 e. The first kappa shape index (κ1) is 12.7. The topological polar surface area (TPSA) is 94.8 Å². The van der Waals surface area contributed by atoms with Crippen molar-refractivity contribution in [1.29, 1.82) is 0 Å². The van der Waals surface area contributed by atoms with Crippen LogP contribution in [0.1, 0.15) is 37.3 Å². The summed E-state index contributed by atoms with van der Waals surface area (Å²) < 4.78 is 3.56. The van der Waals surface area contributed by atoms with Crippen molar-refractivity contribution in [2.75, 3.05) is 6.61 Å². The van der Waals surface area contributed by atoms with Crippen LogP contribution in [0, 0.1) is 0 Å². The summed E-state index contributed by atoms with van der Waals surface area (Å²) in [5.74, 6) is 0. The maximum Gasteiger partial charge on any atom is 0.102 e. The molecule has 3 N–H and O–H groups in total. The van der Waals surface area contributed by atoms with Crippen molar-refractivity contribution < 1.29 is 5.11 Å². The van der Waals surface area contributed by atoms with Crippen molar-refractivity contribution in [3.8, 4) is 0 Å². The average molecular weight is 250 g/mol. The van der Waals surface area contributed by atoms with Gasteiger partial charge in [0.15, 0.2) is 0 Å². The highest BCUT2D eigenvalue weighted by Crippen LogP contribution is 2.08. The van der Waals surface area contributed by atoms with E-state index in [1.165, 1.54) is 0 Å². The van der Waals surface area contributed by atoms with Crippen LogP contribution >= 0.6 is 0 Å². The molecule has 2 aromatic rings. The number of aliphatic hydroxyl groups excluding tert-OH is 1. The molecule has 0 bridgehead atoms. The molecule has 0 amide bonds. The number of hydrogen-bond acceptors (Lipinski definition) is 5. The third-order valence-corrected chi connectivity index (χ3v) is 2.65. The van der Waals surface area contributed by atoms with E-state index in [1.54, 1.807) is 10.9 Å². The van der Waals surface area contributed by atoms with Crippen LogP contribution in [0.5, 0.6) is 0 Å². The Hall–Kier alpha value is -1.73. The minimum absolute atomic E-state index is 0.138. The fraction of sp³-hybridized carbons (Fsp3) is 0.545. The molecule has 0 radical (unpaired) electrons. The maximum absolute atomic E-state index is 8.93. The Morgan fingerprint density at radius 2 is 2.22 bits per heavy atom. The molecule has 1 unspecified atom stereocenters. The molecule has 0 aliphatic rings. The average Bonchev–Trinajstić information content (AvgIpc) is 2.98. The highest BCUT2D eigenvalue weighted by atomic mass is 16.3. The first-order valence-corrected chi connectivity index (χ1v) is 5.90. The van der Waals surface area contributed by atoms with E-state index in [9.17, 15) is 0 Å². The zero-order chi connectivity index (χ0) is 13.1. The minimum atomic E-state index is -0.480. The third-order valence-electron chi connectivity index (χ3n) is 2.65. The van der Waals surface area contributed by atoms with Crippen LogP contribution in [-0.2, 0) is 6.54 Å². The fourth-order valence-electron chi connectivity index (χ4n) is 1.57. The second kappa shape index (κ2) is 5.28. The Morgan fingerprint density at radius 1 is 1.44 bits per heavy atom. The molecular weight excluding hydrogens is 232 g/mol. The van der Waals surface area contributed by atoms with Crippen molar-refractivity contribution in [3.63, 3.8) is 0 Å². The second-order valence-electron chi connectivity index (χ2n) is 4.51. The Morgan fingerprint density at radius 3 is 2.83 bits per heavy atom. The normalized spacial score (nSPS) is 13.2. The van der Waals surface area contributed by atoms with Crippen molar-refractivity contribution in [2.45, 2.75) is 32.5 Å². The molecule has 2 rings (SSSR count). The van der Waals surface area contributed by atoms with Gasteiger partial charge in [-0.2, -0.15) is 5.10 Å². The lowest BCUT2D eigenvalue weighted by molar-refractivity contribution is 0.266. The summed E-state index contributed by atoms with van der Waals surface area (Å²) in [6.45, 7) is 4.56. The van der Waals surface area contributed by atoms with Gasteiger partial charge in [-0.1, -0.05) is 5.21 Å². The number of nitrogens with two attached hydrogens (primary N) is 1. The smallest absolute Gasteiger partial charge is 0.102 e. The molecular formula is C11H18N6O. The van der Waals surface area contributed by atoms with Gasteiger partial charge in [-0.15, -0.1) is 5.10 Å². The zero-order valence-corrected chi connectivity index (χ0v) is 10.6. The Labute approximate surface area is 105 Å². The molecule has 0 aromatic carbocycles. The fourth-order valence-corrected chi connectivity index (χ4v) is 1.57. The van der Waals surface area contributed by atoms with Crippen LogP contribution in [0.25, 0.3) is 0 Å². The standard InChI is InChI=1S/C11H18N6O/c1-8(2)17-4-3-9(14-17)5-16-6-11(13-15-16)10(12)7-18/h3-4,6,8,10,18H,5,7,12H2,1-2H3. The molecule has 1 atom stereocenters. The van der Waals surface area contributed by atoms with Gasteiger partial charge in [-0.25, -0.2) is 4.68 Å². The molecule has 2 heterocycles. The van der Waals surface area contributed by atoms with E-state index in [0.29, 0.717) is 18.3 Å². The molecule has 0 saturated heterocycles. The van der Waals surface area contributed by atoms with Gasteiger partial charge in [0.2, 0.25) is 0 Å². The van der Waals surface area contributed by atoms with E-state index in [0.717, 1.165) is 5.69 Å². The quantitative estimate of drug-likeness (QED) is 0.784. The molecule has 18 heavy (non-hydrogen) atoms. The molecule has 0 aliphatic heterocycles. The molecule has 0 aliphatic carbocycles. The van der Waals surface area contributed by atoms with E-state index < -0.39 is 6.04 Å². The predicted octanol–water partition coefficient (Wildman–Crippen LogP) is 0.0959. The highest BCUT2D eigenvalue weighted by Gasteiger charge is 2.10. The number of aliphatic hydroxyl groups is 1. The van der Waals surface area contributed by atoms with Gasteiger partial charge in [0, 0.05) is 12.2 Å². The summed E-state index contributed by atoms with van der Waals surface area (Å²) in [6.07, 6.45) is 3.67. The lowest BCUT2D eigenvalue weighted by Gasteiger charge is -2.03. The molecule has 7 nitrogen and oxygen atoms in total. The largest absolute Gasteiger partial charge is 0.394 e. The molecule has 0 fully saturated rings. The highest BCUT2D eigenvalue weighted by molar-refractivity contribution is 5.03. The lowest BCUT2D eigenvalue weighted by Crippen LogP contribution is -2.14. The van der Waals surface area contributed by atoms with E-state index >= 15 is 0 Å². The van der Waals surface area contributed by atoms with Crippen LogP contribution in [0.4, 0.5) is 0 Å². The summed E-state index contributed by atoms with van der Waals surface area (Å²) in [5.41, 5.74) is 7.16. The Kier molecular flexibility index (Phi) is 3.73. The summed E-state index contributed by atoms with van der Waals surface area (Å²) in [6, 6.07) is 1.81. The van der Waals surface area contributed by atoms with Gasteiger partial charge in [0.05, 0.1) is 31.1 Å². The van der Waals surface area contributed by atoms with Gasteiger partial charge in [-0.3, -0.25) is 4.68 Å². The lowest BCUT2D eigenvalue weighted by atomic mass is 10.2. The summed E-state index contributed by atoms with van der Waals surface area (Å²) in [5, 5.41) is 21.2. The molecule has 2 aromatic heterocycles. The molecule has 0 saturated carbocycles. The SMILES string of the molecule is CC(C)n1ccc(Cn2cc(C(N)CO)nn2)n1. The van der Waals surface area contributed by atoms with Crippen molar-refractivity contribution >= 4 is 0 Å². The van der Waals surface area contributed by atoms with Gasteiger partial charge < -0.3 is 10.8 Å². The zero-order valence-electron chi connectivity index (χ0n) is 10.6. The monoisotopic (exact) mass is 250 g/mol. The first-order valence-electron chi connectivity index (χ1n) is 5.90. The molecule has 0 spiro atoms. The van der Waals surface area contributed by atoms with Crippen molar-refractivity contribution in [1.82, 2.24) is 24.8 Å². The third kappa shape index (κ3) is 2.74. The van der Waals surface area contributed by atoms with Crippen LogP contribution in [0.2, 0.25) is 0 Å². The van der Waals surface area contributed by atoms with E-state index in [-0.39, 0.29) is 6.61 Å². The van der Waals surface area contributed by atoms with Gasteiger partial charge in [0.1, 0.15) is 5.69 Å². The Bertz CT molecular complexity index is 503. The maximum atomic E-state index is 8.93. The van der Waals surface area contributed by atoms with Gasteiger partial charge in [0.25, 0.3) is 0 Å². The van der Waals surface area contributed by atoms with E-state index in [4.69, 9.17) is 10.8 Å². The van der Waals surface area contributed by atoms with Crippen LogP contribution in [0.15, 0.2) is 18.5 Å². The van der Waals surface area contributed by atoms with Gasteiger partial charge >= 0.3 is 0 Å². The first-order chi connectivity index (χ1) is 8.60. The number of hydrogen-bond donors (Lipinski definition) is 2.